The molecule has 1 N–H and O–H groups in total. The van der Waals surface area contributed by atoms with E-state index in [1.165, 1.54) is 18.2 Å². The molecule has 3 aliphatic rings. The summed E-state index contributed by atoms with van der Waals surface area (Å²) in [5.41, 5.74) is 2.36. The Bertz CT molecular complexity index is 1370. The number of benzene rings is 1. The Hall–Kier alpha value is -3.89. The van der Waals surface area contributed by atoms with Gasteiger partial charge in [-0.15, -0.1) is 23.4 Å². The third kappa shape index (κ3) is 4.54. The summed E-state index contributed by atoms with van der Waals surface area (Å²) in [7, 11) is 0. The van der Waals surface area contributed by atoms with E-state index in [-0.39, 0.29) is 28.3 Å². The van der Waals surface area contributed by atoms with Crippen molar-refractivity contribution in [1.82, 2.24) is 15.4 Å². The van der Waals surface area contributed by atoms with Crippen LogP contribution >= 0.6 is 0 Å². The molecule has 11 heteroatoms. The summed E-state index contributed by atoms with van der Waals surface area (Å²) < 4.78 is 49.1. The number of alkyl halides is 3. The summed E-state index contributed by atoms with van der Waals surface area (Å²) in [6.07, 6.45) is 1.86. The van der Waals surface area contributed by atoms with Crippen LogP contribution in [0.2, 0.25) is 0 Å². The number of hydrogen-bond acceptors (Lipinski definition) is 7. The van der Waals surface area contributed by atoms with Crippen LogP contribution in [0, 0.1) is 5.41 Å². The minimum Gasteiger partial charge on any atom is -0.476 e. The molecule has 1 aliphatic heterocycles. The number of aromatic carboxylic acids is 1. The van der Waals surface area contributed by atoms with Crippen molar-refractivity contribution in [3.05, 3.63) is 59.5 Å². The summed E-state index contributed by atoms with van der Waals surface area (Å²) in [5, 5.41) is 21.1. The maximum atomic E-state index is 13.0. The highest BCUT2D eigenvalue weighted by molar-refractivity contribution is 5.86. The van der Waals surface area contributed by atoms with Crippen LogP contribution in [0.15, 0.2) is 47.0 Å². The van der Waals surface area contributed by atoms with Crippen molar-refractivity contribution in [1.29, 1.82) is 0 Å². The molecule has 1 saturated heterocycles. The van der Waals surface area contributed by atoms with Gasteiger partial charge in [-0.3, -0.25) is 0 Å². The number of hydrogen-bond donors (Lipinski definition) is 1. The Kier molecular flexibility index (Phi) is 5.46. The molecule has 3 aromatic rings. The lowest BCUT2D eigenvalue weighted by atomic mass is 9.63. The Morgan fingerprint density at radius 2 is 1.84 bits per heavy atom. The minimum absolute atomic E-state index is 0.0163. The molecule has 37 heavy (non-hydrogen) atoms. The molecule has 8 nitrogen and oxygen atoms in total. The smallest absolute Gasteiger partial charge is 0.476 e. The summed E-state index contributed by atoms with van der Waals surface area (Å²) in [6.45, 7) is 1.47. The average molecular weight is 512 g/mol. The second-order valence-electron chi connectivity index (χ2n) is 9.87. The highest BCUT2D eigenvalue weighted by Gasteiger charge is 2.44. The fourth-order valence-corrected chi connectivity index (χ4v) is 5.29. The van der Waals surface area contributed by atoms with Gasteiger partial charge in [-0.1, -0.05) is 23.4 Å². The van der Waals surface area contributed by atoms with Crippen molar-refractivity contribution < 1.29 is 32.3 Å². The number of carboxylic acid groups (broad SMARTS) is 1. The van der Waals surface area contributed by atoms with Crippen LogP contribution in [0.3, 0.4) is 0 Å². The summed E-state index contributed by atoms with van der Waals surface area (Å²) in [4.78, 5) is 13.1. The number of anilines is 1. The van der Waals surface area contributed by atoms with Crippen LogP contribution in [0.25, 0.3) is 16.8 Å². The molecule has 2 fully saturated rings. The van der Waals surface area contributed by atoms with Crippen LogP contribution < -0.4 is 9.64 Å². The van der Waals surface area contributed by atoms with Crippen LogP contribution in [0.4, 0.5) is 19.0 Å². The molecule has 1 saturated carbocycles. The van der Waals surface area contributed by atoms with Gasteiger partial charge in [0.15, 0.2) is 11.5 Å². The van der Waals surface area contributed by atoms with E-state index in [9.17, 15) is 18.0 Å². The maximum Gasteiger partial charge on any atom is 0.573 e. The Morgan fingerprint density at radius 3 is 2.46 bits per heavy atom. The third-order valence-electron chi connectivity index (χ3n) is 7.33. The first kappa shape index (κ1) is 23.5. The number of halogens is 3. The van der Waals surface area contributed by atoms with E-state index >= 15 is 0 Å². The van der Waals surface area contributed by atoms with Crippen LogP contribution in [-0.4, -0.2) is 45.9 Å². The maximum absolute atomic E-state index is 13.0. The molecule has 1 spiro atoms. The van der Waals surface area contributed by atoms with Crippen LogP contribution in [-0.2, 0) is 0 Å². The van der Waals surface area contributed by atoms with E-state index in [1.54, 1.807) is 18.2 Å². The fraction of sp³-hybridized carbons (Fsp3) is 0.385. The normalized spacial score (nSPS) is 18.9. The molecule has 0 amide bonds. The number of allylic oxidation sites excluding steroid dienone is 2. The Morgan fingerprint density at radius 1 is 1.11 bits per heavy atom. The zero-order valence-electron chi connectivity index (χ0n) is 19.7. The number of para-hydroxylation sites is 1. The van der Waals surface area contributed by atoms with Gasteiger partial charge in [0, 0.05) is 30.1 Å². The predicted octanol–water partition coefficient (Wildman–Crippen LogP) is 5.68. The average Bonchev–Trinajstić information content (AvgIpc) is 3.61. The van der Waals surface area contributed by atoms with E-state index in [0.29, 0.717) is 11.5 Å². The Balaban J connectivity index is 1.25. The van der Waals surface area contributed by atoms with Gasteiger partial charge in [0.2, 0.25) is 0 Å². The van der Waals surface area contributed by atoms with Gasteiger partial charge in [-0.2, -0.15) is 0 Å². The highest BCUT2D eigenvalue weighted by atomic mass is 19.4. The van der Waals surface area contributed by atoms with Crippen molar-refractivity contribution in [3.63, 3.8) is 0 Å². The first-order valence-corrected chi connectivity index (χ1v) is 12.1. The molecule has 1 aromatic carbocycles. The number of carboxylic acids is 1. The summed E-state index contributed by atoms with van der Waals surface area (Å²) >= 11 is 0. The largest absolute Gasteiger partial charge is 0.573 e. The van der Waals surface area contributed by atoms with Gasteiger partial charge in [0.25, 0.3) is 0 Å². The highest BCUT2D eigenvalue weighted by Crippen LogP contribution is 2.56. The molecule has 2 aromatic heterocycles. The molecule has 0 unspecified atom stereocenters. The number of aromatic nitrogens is 3. The second-order valence-corrected chi connectivity index (χ2v) is 9.87. The second kappa shape index (κ2) is 8.60. The van der Waals surface area contributed by atoms with Crippen molar-refractivity contribution in [3.8, 4) is 17.0 Å². The summed E-state index contributed by atoms with van der Waals surface area (Å²) in [5.74, 6) is 0.199. The van der Waals surface area contributed by atoms with Gasteiger partial charge >= 0.3 is 12.3 Å². The lowest BCUT2D eigenvalue weighted by molar-refractivity contribution is -0.274. The van der Waals surface area contributed by atoms with Gasteiger partial charge in [0.05, 0.1) is 0 Å². The molecule has 0 bridgehead atoms. The fourth-order valence-electron chi connectivity index (χ4n) is 5.29. The Labute approximate surface area is 209 Å². The minimum atomic E-state index is -4.81. The number of nitrogens with zero attached hydrogens (tertiary/aromatic N) is 4. The first-order chi connectivity index (χ1) is 17.7. The van der Waals surface area contributed by atoms with E-state index < -0.39 is 12.3 Å². The molecule has 2 aliphatic carbocycles. The quantitative estimate of drug-likeness (QED) is 0.450. The summed E-state index contributed by atoms with van der Waals surface area (Å²) in [6, 6.07) is 9.13. The van der Waals surface area contributed by atoms with Crippen molar-refractivity contribution in [2.24, 2.45) is 5.41 Å². The van der Waals surface area contributed by atoms with E-state index in [0.717, 1.165) is 62.1 Å². The zero-order chi connectivity index (χ0) is 25.8. The van der Waals surface area contributed by atoms with Gasteiger partial charge in [-0.05, 0) is 67.4 Å². The molecule has 192 valence electrons. The molecule has 6 rings (SSSR count). The first-order valence-electron chi connectivity index (χ1n) is 12.1. The topological polar surface area (TPSA) is 102 Å². The van der Waals surface area contributed by atoms with Gasteiger partial charge in [0.1, 0.15) is 17.2 Å². The van der Waals surface area contributed by atoms with Crippen molar-refractivity contribution in [2.45, 2.75) is 44.4 Å². The van der Waals surface area contributed by atoms with Crippen molar-refractivity contribution in [2.75, 3.05) is 18.0 Å². The standard InChI is InChI=1S/C26H23F3N4O4/c27-26(28,29)36-19-4-2-1-3-17(19)22-21(23(37-32-22)15-5-6-15)16-13-25(14-16)9-11-33(12-10-25)20-8-7-18(24(34)35)30-31-20/h1-4,7-8,13,15H,5-6,9-12,14H2,(H,34,35). The molecular weight excluding hydrogens is 489 g/mol. The molecule has 0 atom stereocenters. The van der Waals surface area contributed by atoms with Gasteiger partial charge in [-0.25, -0.2) is 4.79 Å². The molecule has 0 radical (unpaired) electrons. The van der Waals surface area contributed by atoms with Crippen LogP contribution in [0.5, 0.6) is 5.75 Å². The van der Waals surface area contributed by atoms with E-state index in [4.69, 9.17) is 9.63 Å². The van der Waals surface area contributed by atoms with Gasteiger partial charge < -0.3 is 19.3 Å². The molecular formula is C26H23F3N4O4. The lowest BCUT2D eigenvalue weighted by Gasteiger charge is -2.46. The van der Waals surface area contributed by atoms with E-state index in [2.05, 4.69) is 31.1 Å². The number of piperidine rings is 1. The van der Waals surface area contributed by atoms with E-state index in [1.807, 2.05) is 0 Å². The third-order valence-corrected chi connectivity index (χ3v) is 7.33. The van der Waals surface area contributed by atoms with Crippen LogP contribution in [0.1, 0.15) is 59.8 Å². The lowest BCUT2D eigenvalue weighted by Crippen LogP contribution is -2.42. The molecule has 3 heterocycles. The number of rotatable bonds is 6. The monoisotopic (exact) mass is 512 g/mol. The number of ether oxygens (including phenoxy) is 1. The number of carbonyl (C=O) groups is 1. The predicted molar refractivity (Wildman–Crippen MR) is 126 cm³/mol. The van der Waals surface area contributed by atoms with Crippen molar-refractivity contribution >= 4 is 17.4 Å². The zero-order valence-corrected chi connectivity index (χ0v) is 19.7. The SMILES string of the molecule is O=C(O)c1ccc(N2CCC3(C=C(c4c(-c5ccccc5OC(F)(F)F)noc4C4CC4)C3)CC2)nn1.